The quantitative estimate of drug-likeness (QED) is 0.630. The Kier molecular flexibility index (Phi) is 7.83. The van der Waals surface area contributed by atoms with Crippen LogP contribution in [0.15, 0.2) is 64.9 Å². The van der Waals surface area contributed by atoms with Gasteiger partial charge < -0.3 is 5.32 Å². The van der Waals surface area contributed by atoms with E-state index in [-0.39, 0.29) is 4.90 Å². The minimum absolute atomic E-state index is 0.101. The normalized spacial score (nSPS) is 15.8. The summed E-state index contributed by atoms with van der Waals surface area (Å²) in [6.07, 6.45) is 4.13. The molecule has 1 aliphatic rings. The van der Waals surface area contributed by atoms with Crippen molar-refractivity contribution in [2.75, 3.05) is 32.0 Å². The lowest BCUT2D eigenvalue weighted by Gasteiger charge is -2.26. The van der Waals surface area contributed by atoms with Crippen molar-refractivity contribution in [3.05, 3.63) is 65.6 Å². The zero-order valence-electron chi connectivity index (χ0n) is 17.8. The van der Waals surface area contributed by atoms with E-state index in [1.54, 1.807) is 36.4 Å². The minimum Gasteiger partial charge on any atom is -0.325 e. The highest BCUT2D eigenvalue weighted by molar-refractivity contribution is 7.92. The van der Waals surface area contributed by atoms with Crippen molar-refractivity contribution in [3.8, 4) is 0 Å². The van der Waals surface area contributed by atoms with Gasteiger partial charge in [0.25, 0.3) is 0 Å². The summed E-state index contributed by atoms with van der Waals surface area (Å²) in [5, 5.41) is 3.63. The van der Waals surface area contributed by atoms with Crippen molar-refractivity contribution >= 4 is 37.7 Å². The van der Waals surface area contributed by atoms with Gasteiger partial charge >= 0.3 is 0 Å². The lowest BCUT2D eigenvalue weighted by atomic mass is 10.2. The second-order valence-corrected chi connectivity index (χ2v) is 11.4. The molecular weight excluding hydrogens is 450 g/mol. The van der Waals surface area contributed by atoms with Crippen LogP contribution >= 0.6 is 0 Å². The van der Waals surface area contributed by atoms with Crippen molar-refractivity contribution in [2.45, 2.75) is 24.2 Å². The fourth-order valence-electron chi connectivity index (χ4n) is 3.31. The first-order valence-electron chi connectivity index (χ1n) is 10.3. The molecule has 0 spiro atoms. The molecular formula is C22H27N3O5S2. The van der Waals surface area contributed by atoms with Crippen LogP contribution in [-0.4, -0.2) is 58.0 Å². The number of hydrogen-bond donors (Lipinski definition) is 1. The van der Waals surface area contributed by atoms with Crippen LogP contribution in [-0.2, 0) is 24.8 Å². The molecule has 0 atom stereocenters. The Morgan fingerprint density at radius 1 is 1.00 bits per heavy atom. The summed E-state index contributed by atoms with van der Waals surface area (Å²) in [6, 6.07) is 15.0. The van der Waals surface area contributed by atoms with Gasteiger partial charge in [-0.25, -0.2) is 16.8 Å². The molecule has 2 aromatic rings. The first-order chi connectivity index (χ1) is 15.2. The number of nitrogens with zero attached hydrogens (tertiary/aromatic N) is 2. The standard InChI is InChI=1S/C22H27N3O5S2/c1-24(31(27,28)16-13-19-9-4-2-5-10-19)18-22(26)23-20-11-8-12-21(17-20)32(29,30)25-14-6-3-7-15-25/h2,4-5,8-13,16-17H,3,6-7,14-15,18H2,1H3,(H,23,26)/b16-13+. The third-order valence-electron chi connectivity index (χ3n) is 5.10. The predicted molar refractivity (Wildman–Crippen MR) is 125 cm³/mol. The molecule has 32 heavy (non-hydrogen) atoms. The van der Waals surface area contributed by atoms with E-state index in [9.17, 15) is 21.6 Å². The van der Waals surface area contributed by atoms with Crippen LogP contribution in [0.4, 0.5) is 5.69 Å². The second-order valence-electron chi connectivity index (χ2n) is 7.56. The maximum atomic E-state index is 12.8. The van der Waals surface area contributed by atoms with Gasteiger partial charge in [-0.3, -0.25) is 4.79 Å². The first-order valence-corrected chi connectivity index (χ1v) is 13.2. The summed E-state index contributed by atoms with van der Waals surface area (Å²) in [7, 11) is -6.13. The molecule has 2 aromatic carbocycles. The third-order valence-corrected chi connectivity index (χ3v) is 8.48. The summed E-state index contributed by atoms with van der Waals surface area (Å²) in [4.78, 5) is 12.5. The molecule has 1 amide bonds. The molecule has 1 heterocycles. The van der Waals surface area contributed by atoms with Crippen molar-refractivity contribution in [2.24, 2.45) is 0 Å². The molecule has 0 aliphatic carbocycles. The molecule has 0 radical (unpaired) electrons. The Hall–Kier alpha value is -2.53. The number of amides is 1. The fraction of sp³-hybridized carbons (Fsp3) is 0.318. The molecule has 0 bridgehead atoms. The van der Waals surface area contributed by atoms with Gasteiger partial charge in [0.1, 0.15) is 0 Å². The van der Waals surface area contributed by atoms with E-state index in [2.05, 4.69) is 5.32 Å². The van der Waals surface area contributed by atoms with Gasteiger partial charge in [-0.1, -0.05) is 42.8 Å². The van der Waals surface area contributed by atoms with E-state index in [0.717, 1.165) is 34.5 Å². The number of nitrogens with one attached hydrogen (secondary N) is 1. The van der Waals surface area contributed by atoms with Crippen molar-refractivity contribution < 1.29 is 21.6 Å². The van der Waals surface area contributed by atoms with Crippen LogP contribution in [0.1, 0.15) is 24.8 Å². The maximum absolute atomic E-state index is 12.8. The van der Waals surface area contributed by atoms with Crippen LogP contribution in [0.5, 0.6) is 0 Å². The lowest BCUT2D eigenvalue weighted by molar-refractivity contribution is -0.116. The van der Waals surface area contributed by atoms with Crippen LogP contribution in [0.2, 0.25) is 0 Å². The highest BCUT2D eigenvalue weighted by Gasteiger charge is 2.26. The first kappa shape index (κ1) is 24.1. The lowest BCUT2D eigenvalue weighted by Crippen LogP contribution is -2.35. The van der Waals surface area contributed by atoms with Crippen molar-refractivity contribution in [1.29, 1.82) is 0 Å². The Balaban J connectivity index is 1.64. The molecule has 3 rings (SSSR count). The zero-order valence-corrected chi connectivity index (χ0v) is 19.5. The number of piperidine rings is 1. The number of sulfonamides is 2. The molecule has 8 nitrogen and oxygen atoms in total. The number of carbonyl (C=O) groups excluding carboxylic acids is 1. The minimum atomic E-state index is -3.80. The Labute approximate surface area is 189 Å². The monoisotopic (exact) mass is 477 g/mol. The molecule has 1 aliphatic heterocycles. The highest BCUT2D eigenvalue weighted by atomic mass is 32.2. The molecule has 0 unspecified atom stereocenters. The van der Waals surface area contributed by atoms with Gasteiger partial charge in [0.2, 0.25) is 26.0 Å². The molecule has 0 aromatic heterocycles. The van der Waals surface area contributed by atoms with Crippen LogP contribution in [0.3, 0.4) is 0 Å². The van der Waals surface area contributed by atoms with Gasteiger partial charge in [-0.15, -0.1) is 0 Å². The number of hydrogen-bond acceptors (Lipinski definition) is 5. The Bertz CT molecular complexity index is 1170. The summed E-state index contributed by atoms with van der Waals surface area (Å²) < 4.78 is 52.9. The van der Waals surface area contributed by atoms with E-state index in [1.165, 1.54) is 29.6 Å². The number of likely N-dealkylation sites (N-methyl/N-ethyl adjacent to an activating group) is 1. The average Bonchev–Trinajstić information content (AvgIpc) is 2.79. The maximum Gasteiger partial charge on any atom is 0.243 e. The van der Waals surface area contributed by atoms with E-state index in [1.807, 2.05) is 6.07 Å². The number of rotatable bonds is 8. The number of carbonyl (C=O) groups is 1. The summed E-state index contributed by atoms with van der Waals surface area (Å²) in [5.74, 6) is -0.572. The largest absolute Gasteiger partial charge is 0.325 e. The topological polar surface area (TPSA) is 104 Å². The number of anilines is 1. The highest BCUT2D eigenvalue weighted by Crippen LogP contribution is 2.23. The van der Waals surface area contributed by atoms with E-state index in [0.29, 0.717) is 18.8 Å². The molecule has 0 saturated carbocycles. The SMILES string of the molecule is CN(CC(=O)Nc1cccc(S(=O)(=O)N2CCCCC2)c1)S(=O)(=O)/C=C/c1ccccc1. The van der Waals surface area contributed by atoms with Gasteiger partial charge in [0.15, 0.2) is 0 Å². The smallest absolute Gasteiger partial charge is 0.243 e. The summed E-state index contributed by atoms with van der Waals surface area (Å²) in [6.45, 7) is 0.556. The molecule has 1 N–H and O–H groups in total. The fourth-order valence-corrected chi connectivity index (χ4v) is 5.71. The molecule has 1 fully saturated rings. The third kappa shape index (κ3) is 6.26. The Morgan fingerprint density at radius 2 is 1.69 bits per heavy atom. The van der Waals surface area contributed by atoms with Crippen molar-refractivity contribution in [1.82, 2.24) is 8.61 Å². The van der Waals surface area contributed by atoms with E-state index in [4.69, 9.17) is 0 Å². The second kappa shape index (κ2) is 10.4. The molecule has 172 valence electrons. The van der Waals surface area contributed by atoms with Crippen molar-refractivity contribution in [3.63, 3.8) is 0 Å². The summed E-state index contributed by atoms with van der Waals surface area (Å²) in [5.41, 5.74) is 1.01. The molecule has 10 heteroatoms. The average molecular weight is 478 g/mol. The van der Waals surface area contributed by atoms with E-state index >= 15 is 0 Å². The number of benzene rings is 2. The van der Waals surface area contributed by atoms with E-state index < -0.39 is 32.5 Å². The van der Waals surface area contributed by atoms with Crippen LogP contribution < -0.4 is 5.32 Å². The van der Waals surface area contributed by atoms with Gasteiger partial charge in [0, 0.05) is 31.2 Å². The Morgan fingerprint density at radius 3 is 2.38 bits per heavy atom. The van der Waals surface area contributed by atoms with Gasteiger partial charge in [-0.2, -0.15) is 8.61 Å². The summed E-state index contributed by atoms with van der Waals surface area (Å²) >= 11 is 0. The van der Waals surface area contributed by atoms with Gasteiger partial charge in [0.05, 0.1) is 11.4 Å². The predicted octanol–water partition coefficient (Wildman–Crippen LogP) is 2.73. The molecule has 1 saturated heterocycles. The van der Waals surface area contributed by atoms with Crippen LogP contribution in [0, 0.1) is 0 Å². The zero-order chi connectivity index (χ0) is 23.2. The van der Waals surface area contributed by atoms with Crippen LogP contribution in [0.25, 0.3) is 6.08 Å². The van der Waals surface area contributed by atoms with Gasteiger partial charge in [-0.05, 0) is 42.7 Å².